The van der Waals surface area contributed by atoms with Crippen LogP contribution in [0.3, 0.4) is 0 Å². The van der Waals surface area contributed by atoms with Crippen molar-refractivity contribution in [2.75, 3.05) is 6.61 Å². The number of hydrogen-bond donors (Lipinski definition) is 1. The molecular weight excluding hydrogens is 444 g/mol. The Bertz CT molecular complexity index is 939. The van der Waals surface area contributed by atoms with Gasteiger partial charge in [-0.05, 0) is 42.3 Å². The van der Waals surface area contributed by atoms with Crippen LogP contribution in [0.2, 0.25) is 0 Å². The van der Waals surface area contributed by atoms with Crippen LogP contribution < -0.4 is 10.1 Å². The van der Waals surface area contributed by atoms with E-state index >= 15 is 0 Å². The van der Waals surface area contributed by atoms with Crippen molar-refractivity contribution in [2.45, 2.75) is 25.4 Å². The van der Waals surface area contributed by atoms with Gasteiger partial charge in [0.25, 0.3) is 0 Å². The van der Waals surface area contributed by atoms with Gasteiger partial charge in [0.2, 0.25) is 5.91 Å². The van der Waals surface area contributed by atoms with Crippen LogP contribution in [0.1, 0.15) is 18.4 Å². The maximum atomic E-state index is 12.3. The molecule has 11 heteroatoms. The van der Waals surface area contributed by atoms with Crippen LogP contribution in [0.15, 0.2) is 60.0 Å². The lowest BCUT2D eigenvalue weighted by molar-refractivity contribution is -0.274. The monoisotopic (exact) mass is 461 g/mol. The summed E-state index contributed by atoms with van der Waals surface area (Å²) in [4.78, 5) is 23.5. The number of benzene rings is 1. The predicted molar refractivity (Wildman–Crippen MR) is 101 cm³/mol. The van der Waals surface area contributed by atoms with Crippen LogP contribution in [0.4, 0.5) is 26.3 Å². The third kappa shape index (κ3) is 8.73. The Labute approximate surface area is 178 Å². The molecule has 1 aliphatic rings. The second-order valence-electron chi connectivity index (χ2n) is 6.47. The molecule has 1 aromatic carbocycles. The molecule has 1 N–H and O–H groups in total. The van der Waals surface area contributed by atoms with Gasteiger partial charge in [0, 0.05) is 12.6 Å². The van der Waals surface area contributed by atoms with Gasteiger partial charge < -0.3 is 14.8 Å². The first-order chi connectivity index (χ1) is 15.0. The van der Waals surface area contributed by atoms with Crippen LogP contribution in [-0.2, 0) is 14.3 Å². The van der Waals surface area contributed by atoms with Crippen molar-refractivity contribution in [3.63, 3.8) is 0 Å². The highest BCUT2D eigenvalue weighted by Gasteiger charge is 2.31. The van der Waals surface area contributed by atoms with Crippen LogP contribution in [0.25, 0.3) is 6.08 Å². The summed E-state index contributed by atoms with van der Waals surface area (Å²) in [7, 11) is 0. The quantitative estimate of drug-likeness (QED) is 0.341. The maximum Gasteiger partial charge on any atom is 0.573 e. The van der Waals surface area contributed by atoms with E-state index in [2.05, 4.69) is 10.1 Å². The zero-order valence-corrected chi connectivity index (χ0v) is 16.3. The van der Waals surface area contributed by atoms with Crippen molar-refractivity contribution in [2.24, 2.45) is 5.92 Å². The van der Waals surface area contributed by atoms with Crippen molar-refractivity contribution in [3.8, 4) is 5.75 Å². The minimum absolute atomic E-state index is 0.0714. The molecular formula is C21H17F6NO4. The number of nitrogens with one attached hydrogen (secondary N) is 1. The molecule has 1 aromatic rings. The molecule has 0 heterocycles. The molecule has 172 valence electrons. The number of carbonyl (C=O) groups excluding carboxylic acids is 2. The van der Waals surface area contributed by atoms with Gasteiger partial charge in [-0.25, -0.2) is 4.79 Å². The van der Waals surface area contributed by atoms with Gasteiger partial charge in [0.1, 0.15) is 17.5 Å². The first kappa shape index (κ1) is 24.8. The molecule has 32 heavy (non-hydrogen) atoms. The first-order valence-electron chi connectivity index (χ1n) is 9.14. The molecule has 0 fully saturated rings. The van der Waals surface area contributed by atoms with Crippen LogP contribution >= 0.6 is 0 Å². The van der Waals surface area contributed by atoms with Crippen molar-refractivity contribution >= 4 is 17.9 Å². The van der Waals surface area contributed by atoms with Gasteiger partial charge in [0.05, 0.1) is 18.1 Å². The van der Waals surface area contributed by atoms with E-state index < -0.39 is 36.5 Å². The highest BCUT2D eigenvalue weighted by atomic mass is 19.4. The Morgan fingerprint density at radius 3 is 2.41 bits per heavy atom. The van der Waals surface area contributed by atoms with Crippen molar-refractivity contribution in [1.82, 2.24) is 5.32 Å². The number of ether oxygens (including phenoxy) is 2. The molecule has 0 spiro atoms. The molecule has 0 aliphatic heterocycles. The van der Waals surface area contributed by atoms with E-state index in [4.69, 9.17) is 4.74 Å². The molecule has 1 amide bonds. The fourth-order valence-electron chi connectivity index (χ4n) is 2.55. The number of allylic oxidation sites excluding steroid dienone is 2. The highest BCUT2D eigenvalue weighted by molar-refractivity contribution is 5.89. The average molecular weight is 461 g/mol. The molecule has 0 bridgehead atoms. The number of carbonyl (C=O) groups is 1. The second kappa shape index (κ2) is 10.7. The Kier molecular flexibility index (Phi) is 8.31. The summed E-state index contributed by atoms with van der Waals surface area (Å²) < 4.78 is 81.7. The third-order valence-corrected chi connectivity index (χ3v) is 3.97. The van der Waals surface area contributed by atoms with Crippen molar-refractivity contribution in [1.29, 1.82) is 0 Å². The summed E-state index contributed by atoms with van der Waals surface area (Å²) >= 11 is 0. The van der Waals surface area contributed by atoms with Crippen molar-refractivity contribution in [3.05, 3.63) is 65.6 Å². The smallest absolute Gasteiger partial charge is 0.494 e. The van der Waals surface area contributed by atoms with Gasteiger partial charge in [-0.1, -0.05) is 18.2 Å². The van der Waals surface area contributed by atoms with Gasteiger partial charge in [-0.3, -0.25) is 4.79 Å². The van der Waals surface area contributed by atoms with Gasteiger partial charge in [-0.2, -0.15) is 13.2 Å². The Morgan fingerprint density at radius 2 is 1.81 bits per heavy atom. The van der Waals surface area contributed by atoms with Crippen LogP contribution in [-0.4, -0.2) is 31.0 Å². The molecule has 1 atom stereocenters. The maximum absolute atomic E-state index is 12.3. The Balaban J connectivity index is 1.87. The van der Waals surface area contributed by atoms with Crippen LogP contribution in [0.5, 0.6) is 5.75 Å². The fourth-order valence-corrected chi connectivity index (χ4v) is 2.55. The van der Waals surface area contributed by atoms with E-state index in [-0.39, 0.29) is 24.4 Å². The summed E-state index contributed by atoms with van der Waals surface area (Å²) in [6, 6.07) is 4.89. The summed E-state index contributed by atoms with van der Waals surface area (Å²) in [5, 5.41) is 2.42. The van der Waals surface area contributed by atoms with Crippen LogP contribution in [0, 0.1) is 5.92 Å². The minimum atomic E-state index is -4.80. The number of rotatable bonds is 8. The third-order valence-electron chi connectivity index (χ3n) is 3.97. The number of halogens is 6. The first-order valence-corrected chi connectivity index (χ1v) is 9.14. The lowest BCUT2D eigenvalue weighted by Crippen LogP contribution is -2.27. The minimum Gasteiger partial charge on any atom is -0.494 e. The van der Waals surface area contributed by atoms with E-state index in [1.807, 2.05) is 0 Å². The fraction of sp³-hybridized carbons (Fsp3) is 0.286. The predicted octanol–water partition coefficient (Wildman–Crippen LogP) is 4.86. The second-order valence-corrected chi connectivity index (χ2v) is 6.47. The van der Waals surface area contributed by atoms with E-state index in [0.717, 1.165) is 12.1 Å². The largest absolute Gasteiger partial charge is 0.573 e. The number of alkyl halides is 6. The van der Waals surface area contributed by atoms with E-state index in [1.54, 1.807) is 5.94 Å². The van der Waals surface area contributed by atoms with Crippen molar-refractivity contribution < 1.29 is 45.4 Å². The zero-order chi connectivity index (χ0) is 23.8. The van der Waals surface area contributed by atoms with E-state index in [9.17, 15) is 35.9 Å². The molecule has 0 saturated heterocycles. The molecule has 0 saturated carbocycles. The lowest BCUT2D eigenvalue weighted by atomic mass is 9.94. The molecule has 5 nitrogen and oxygen atoms in total. The Morgan fingerprint density at radius 1 is 1.12 bits per heavy atom. The summed E-state index contributed by atoms with van der Waals surface area (Å²) in [6.45, 7) is -0.214. The SMILES string of the molecule is O=C=C1C=C(OCCCC(F)(F)F)C=CC1C(=O)NC=Cc1ccc(OC(F)(F)F)cc1. The highest BCUT2D eigenvalue weighted by Crippen LogP contribution is 2.25. The van der Waals surface area contributed by atoms with Gasteiger partial charge in [0.15, 0.2) is 0 Å². The molecule has 2 rings (SSSR count). The Hall–Kier alpha value is -3.46. The van der Waals surface area contributed by atoms with E-state index in [1.165, 1.54) is 42.6 Å². The number of amides is 1. The van der Waals surface area contributed by atoms with Gasteiger partial charge >= 0.3 is 12.5 Å². The molecule has 1 unspecified atom stereocenters. The standard InChI is InChI=1S/C21H17F6NO4/c22-20(23,24)9-1-11-31-17-6-7-18(15(12-17)13-29)19(30)28-10-8-14-2-4-16(5-3-14)32-21(25,26)27/h2-8,10,12,18H,1,9,11H2,(H,28,30). The van der Waals surface area contributed by atoms with Gasteiger partial charge in [-0.15, -0.1) is 13.2 Å². The number of hydrogen-bond acceptors (Lipinski definition) is 4. The topological polar surface area (TPSA) is 64.6 Å². The van der Waals surface area contributed by atoms with E-state index in [0.29, 0.717) is 5.56 Å². The summed E-state index contributed by atoms with van der Waals surface area (Å²) in [5.41, 5.74) is 0.400. The zero-order valence-electron chi connectivity index (χ0n) is 16.3. The lowest BCUT2D eigenvalue weighted by Gasteiger charge is -2.16. The summed E-state index contributed by atoms with van der Waals surface area (Å²) in [5.74, 6) is -0.257. The normalized spacial score (nSPS) is 16.5. The summed E-state index contributed by atoms with van der Waals surface area (Å²) in [6.07, 6.45) is -3.78. The average Bonchev–Trinajstić information content (AvgIpc) is 2.70. The molecule has 0 aromatic heterocycles. The molecule has 1 aliphatic carbocycles. The molecule has 0 radical (unpaired) electrons.